The fourth-order valence-electron chi connectivity index (χ4n) is 2.05. The number of hydrogen-bond acceptors (Lipinski definition) is 4. The molecule has 0 aliphatic heterocycles. The van der Waals surface area contributed by atoms with Crippen LogP contribution < -0.4 is 10.1 Å². The number of ketones is 1. The molecule has 2 aromatic rings. The zero-order valence-electron chi connectivity index (χ0n) is 13.2. The van der Waals surface area contributed by atoms with E-state index in [2.05, 4.69) is 10.3 Å². The highest BCUT2D eigenvalue weighted by Crippen LogP contribution is 2.13. The first-order chi connectivity index (χ1) is 11.2. The predicted molar refractivity (Wildman–Crippen MR) is 86.4 cm³/mol. The third-order valence-corrected chi connectivity index (χ3v) is 3.34. The number of rotatable bonds is 9. The van der Waals surface area contributed by atoms with Crippen LogP contribution in [0.2, 0.25) is 0 Å². The highest BCUT2D eigenvalue weighted by atomic mass is 16.5. The van der Waals surface area contributed by atoms with E-state index >= 15 is 0 Å². The number of hydrogen-bond donors (Lipinski definition) is 1. The number of Topliss-reactive ketones (excluding diaryl/α,β-unsaturated/α-hetero) is 1. The van der Waals surface area contributed by atoms with Crippen LogP contribution in [0.5, 0.6) is 5.75 Å². The van der Waals surface area contributed by atoms with Gasteiger partial charge in [-0.25, -0.2) is 4.98 Å². The maximum Gasteiger partial charge on any atom is 0.257 e. The van der Waals surface area contributed by atoms with E-state index in [4.69, 9.17) is 4.74 Å². The summed E-state index contributed by atoms with van der Waals surface area (Å²) in [6.45, 7) is 3.19. The number of nitrogens with one attached hydrogen (secondary N) is 1. The van der Waals surface area contributed by atoms with E-state index < -0.39 is 0 Å². The molecule has 1 aromatic carbocycles. The van der Waals surface area contributed by atoms with Crippen LogP contribution in [-0.2, 0) is 11.3 Å². The monoisotopic (exact) mass is 315 g/mol. The lowest BCUT2D eigenvalue weighted by Crippen LogP contribution is -2.30. The van der Waals surface area contributed by atoms with E-state index in [0.29, 0.717) is 24.3 Å². The van der Waals surface area contributed by atoms with Crippen molar-refractivity contribution in [2.75, 3.05) is 13.2 Å². The van der Waals surface area contributed by atoms with Gasteiger partial charge in [0.2, 0.25) is 0 Å². The second kappa shape index (κ2) is 8.73. The van der Waals surface area contributed by atoms with Gasteiger partial charge in [0.05, 0.1) is 6.33 Å². The predicted octanol–water partition coefficient (Wildman–Crippen LogP) is 2.06. The van der Waals surface area contributed by atoms with E-state index in [9.17, 15) is 9.59 Å². The van der Waals surface area contributed by atoms with Crippen molar-refractivity contribution in [2.45, 2.75) is 26.3 Å². The number of nitrogens with zero attached hydrogens (tertiary/aromatic N) is 2. The van der Waals surface area contributed by atoms with Gasteiger partial charge in [0.15, 0.2) is 12.4 Å². The molecule has 0 unspecified atom stereocenters. The summed E-state index contributed by atoms with van der Waals surface area (Å²) in [4.78, 5) is 27.2. The molecule has 0 saturated carbocycles. The summed E-state index contributed by atoms with van der Waals surface area (Å²) >= 11 is 0. The fourth-order valence-corrected chi connectivity index (χ4v) is 2.05. The van der Waals surface area contributed by atoms with Crippen molar-refractivity contribution in [1.82, 2.24) is 14.9 Å². The van der Waals surface area contributed by atoms with E-state index in [-0.39, 0.29) is 18.3 Å². The Morgan fingerprint density at radius 2 is 2.04 bits per heavy atom. The van der Waals surface area contributed by atoms with Gasteiger partial charge >= 0.3 is 0 Å². The van der Waals surface area contributed by atoms with Crippen LogP contribution >= 0.6 is 0 Å². The van der Waals surface area contributed by atoms with Gasteiger partial charge in [-0.3, -0.25) is 9.59 Å². The van der Waals surface area contributed by atoms with Crippen molar-refractivity contribution in [3.63, 3.8) is 0 Å². The fraction of sp³-hybridized carbons (Fsp3) is 0.353. The molecule has 0 fully saturated rings. The van der Waals surface area contributed by atoms with Crippen molar-refractivity contribution in [3.05, 3.63) is 48.5 Å². The SMILES string of the molecule is CCC(=O)c1ccc(OCC(=O)NCCCn2ccnc2)cc1. The molecule has 0 saturated heterocycles. The highest BCUT2D eigenvalue weighted by Gasteiger charge is 2.05. The zero-order chi connectivity index (χ0) is 16.5. The molecule has 0 aliphatic rings. The lowest BCUT2D eigenvalue weighted by Gasteiger charge is -2.08. The third-order valence-electron chi connectivity index (χ3n) is 3.34. The Morgan fingerprint density at radius 1 is 1.26 bits per heavy atom. The average molecular weight is 315 g/mol. The van der Waals surface area contributed by atoms with E-state index in [1.165, 1.54) is 0 Å². The van der Waals surface area contributed by atoms with Gasteiger partial charge in [-0.05, 0) is 30.7 Å². The molecule has 1 heterocycles. The van der Waals surface area contributed by atoms with Crippen LogP contribution in [0.4, 0.5) is 0 Å². The van der Waals surface area contributed by atoms with E-state index in [1.807, 2.05) is 17.7 Å². The minimum Gasteiger partial charge on any atom is -0.484 e. The second-order valence-corrected chi connectivity index (χ2v) is 5.09. The van der Waals surface area contributed by atoms with Crippen LogP contribution in [0.15, 0.2) is 43.0 Å². The van der Waals surface area contributed by atoms with E-state index in [0.717, 1.165) is 13.0 Å². The first-order valence-corrected chi connectivity index (χ1v) is 7.67. The molecule has 1 amide bonds. The molecule has 122 valence electrons. The Labute approximate surface area is 135 Å². The number of imidazole rings is 1. The van der Waals surface area contributed by atoms with Gasteiger partial charge < -0.3 is 14.6 Å². The van der Waals surface area contributed by atoms with Crippen LogP contribution in [0.25, 0.3) is 0 Å². The summed E-state index contributed by atoms with van der Waals surface area (Å²) in [6, 6.07) is 6.83. The van der Waals surface area contributed by atoms with Crippen LogP contribution in [-0.4, -0.2) is 34.4 Å². The molecule has 2 rings (SSSR count). The molecule has 0 spiro atoms. The normalized spacial score (nSPS) is 10.3. The first-order valence-electron chi connectivity index (χ1n) is 7.67. The molecule has 1 N–H and O–H groups in total. The summed E-state index contributed by atoms with van der Waals surface area (Å²) < 4.78 is 7.36. The van der Waals surface area contributed by atoms with Crippen molar-refractivity contribution >= 4 is 11.7 Å². The lowest BCUT2D eigenvalue weighted by atomic mass is 10.1. The van der Waals surface area contributed by atoms with Crippen LogP contribution in [0.3, 0.4) is 0 Å². The Kier molecular flexibility index (Phi) is 6.35. The lowest BCUT2D eigenvalue weighted by molar-refractivity contribution is -0.123. The largest absolute Gasteiger partial charge is 0.484 e. The number of ether oxygens (including phenoxy) is 1. The zero-order valence-corrected chi connectivity index (χ0v) is 13.2. The Hall–Kier alpha value is -2.63. The molecule has 0 atom stereocenters. The van der Waals surface area contributed by atoms with E-state index in [1.54, 1.807) is 36.8 Å². The number of aryl methyl sites for hydroxylation is 1. The Balaban J connectivity index is 1.64. The third kappa shape index (κ3) is 5.58. The smallest absolute Gasteiger partial charge is 0.257 e. The molecule has 0 aliphatic carbocycles. The number of carbonyl (C=O) groups excluding carboxylic acids is 2. The first kappa shape index (κ1) is 16.7. The van der Waals surface area contributed by atoms with Crippen LogP contribution in [0, 0.1) is 0 Å². The van der Waals surface area contributed by atoms with Gasteiger partial charge in [0.25, 0.3) is 5.91 Å². The molecule has 6 nitrogen and oxygen atoms in total. The average Bonchev–Trinajstić information content (AvgIpc) is 3.10. The van der Waals surface area contributed by atoms with Gasteiger partial charge in [0.1, 0.15) is 5.75 Å². The quantitative estimate of drug-likeness (QED) is 0.568. The van der Waals surface area contributed by atoms with Crippen molar-refractivity contribution in [1.29, 1.82) is 0 Å². The minimum atomic E-state index is -0.163. The Morgan fingerprint density at radius 3 is 2.70 bits per heavy atom. The summed E-state index contributed by atoms with van der Waals surface area (Å²) in [5, 5.41) is 2.80. The molecule has 6 heteroatoms. The maximum atomic E-state index is 11.7. The number of aromatic nitrogens is 2. The topological polar surface area (TPSA) is 73.2 Å². The number of carbonyl (C=O) groups is 2. The standard InChI is InChI=1S/C17H21N3O3/c1-2-16(21)14-4-6-15(7-5-14)23-12-17(22)19-8-3-10-20-11-9-18-13-20/h4-7,9,11,13H,2-3,8,10,12H2,1H3,(H,19,22). The van der Waals surface area contributed by atoms with Crippen molar-refractivity contribution in [3.8, 4) is 5.75 Å². The van der Waals surface area contributed by atoms with Gasteiger partial charge in [-0.2, -0.15) is 0 Å². The van der Waals surface area contributed by atoms with Crippen LogP contribution in [0.1, 0.15) is 30.1 Å². The summed E-state index contributed by atoms with van der Waals surface area (Å²) in [6.07, 6.45) is 6.67. The summed E-state index contributed by atoms with van der Waals surface area (Å²) in [7, 11) is 0. The van der Waals surface area contributed by atoms with Gasteiger partial charge in [0, 0.05) is 37.5 Å². The molecular formula is C17H21N3O3. The number of amides is 1. The van der Waals surface area contributed by atoms with Crippen molar-refractivity contribution < 1.29 is 14.3 Å². The summed E-state index contributed by atoms with van der Waals surface area (Å²) in [5.74, 6) is 0.503. The number of benzene rings is 1. The van der Waals surface area contributed by atoms with Crippen molar-refractivity contribution in [2.24, 2.45) is 0 Å². The summed E-state index contributed by atoms with van der Waals surface area (Å²) in [5.41, 5.74) is 0.656. The molecule has 0 bridgehead atoms. The molecular weight excluding hydrogens is 294 g/mol. The minimum absolute atomic E-state index is 0.0356. The molecule has 0 radical (unpaired) electrons. The van der Waals surface area contributed by atoms with Gasteiger partial charge in [-0.15, -0.1) is 0 Å². The second-order valence-electron chi connectivity index (χ2n) is 5.09. The molecule has 23 heavy (non-hydrogen) atoms. The Bertz CT molecular complexity index is 621. The highest BCUT2D eigenvalue weighted by molar-refractivity contribution is 5.95. The molecule has 1 aromatic heterocycles. The van der Waals surface area contributed by atoms with Gasteiger partial charge in [-0.1, -0.05) is 6.92 Å². The maximum absolute atomic E-state index is 11.7.